The van der Waals surface area contributed by atoms with Gasteiger partial charge in [0.1, 0.15) is 5.75 Å². The van der Waals surface area contributed by atoms with Gasteiger partial charge in [-0.25, -0.2) is 8.42 Å². The number of benzene rings is 1. The van der Waals surface area contributed by atoms with Gasteiger partial charge in [0.05, 0.1) is 23.5 Å². The second-order valence-corrected chi connectivity index (χ2v) is 7.92. The normalized spacial score (nSPS) is 16.1. The average Bonchev–Trinajstić information content (AvgIpc) is 3.16. The highest BCUT2D eigenvalue weighted by Gasteiger charge is 2.33. The Labute approximate surface area is 140 Å². The van der Waals surface area contributed by atoms with E-state index in [9.17, 15) is 13.2 Å². The van der Waals surface area contributed by atoms with Crippen LogP contribution in [0.15, 0.2) is 52.0 Å². The summed E-state index contributed by atoms with van der Waals surface area (Å²) >= 11 is 0. The van der Waals surface area contributed by atoms with E-state index in [1.165, 1.54) is 13.4 Å². The topological polar surface area (TPSA) is 76.8 Å². The second kappa shape index (κ2) is 6.68. The molecule has 0 bridgehead atoms. The second-order valence-electron chi connectivity index (χ2n) is 5.69. The van der Waals surface area contributed by atoms with Gasteiger partial charge in [-0.1, -0.05) is 0 Å². The predicted molar refractivity (Wildman–Crippen MR) is 87.8 cm³/mol. The molecule has 24 heavy (non-hydrogen) atoms. The van der Waals surface area contributed by atoms with Gasteiger partial charge in [0.25, 0.3) is 5.91 Å². The summed E-state index contributed by atoms with van der Waals surface area (Å²) in [5, 5.41) is -0.480. The van der Waals surface area contributed by atoms with Crippen molar-refractivity contribution in [3.63, 3.8) is 0 Å². The molecule has 0 N–H and O–H groups in total. The number of furan rings is 1. The van der Waals surface area contributed by atoms with Crippen molar-refractivity contribution < 1.29 is 22.4 Å². The van der Waals surface area contributed by atoms with Crippen LogP contribution in [0.25, 0.3) is 0 Å². The van der Waals surface area contributed by atoms with Gasteiger partial charge in [-0.15, -0.1) is 0 Å². The van der Waals surface area contributed by atoms with Crippen molar-refractivity contribution in [2.75, 3.05) is 20.2 Å². The zero-order chi connectivity index (χ0) is 17.2. The van der Waals surface area contributed by atoms with Crippen LogP contribution in [-0.4, -0.2) is 44.7 Å². The lowest BCUT2D eigenvalue weighted by Gasteiger charge is -2.31. The van der Waals surface area contributed by atoms with Crippen molar-refractivity contribution in [3.8, 4) is 5.75 Å². The zero-order valence-electron chi connectivity index (χ0n) is 13.3. The average molecular weight is 349 g/mol. The standard InChI is InChI=1S/C17H19NO5S/c1-22-13-4-6-14(7-5-13)24(20,21)15-8-10-18(11-9-15)17(19)16-3-2-12-23-16/h2-7,12,15H,8-11H2,1H3. The molecule has 0 aliphatic carbocycles. The minimum absolute atomic E-state index is 0.194. The number of ether oxygens (including phenoxy) is 1. The highest BCUT2D eigenvalue weighted by Crippen LogP contribution is 2.26. The third-order valence-corrected chi connectivity index (χ3v) is 6.57. The Bertz CT molecular complexity index is 788. The fourth-order valence-electron chi connectivity index (χ4n) is 2.88. The Morgan fingerprint density at radius 3 is 2.38 bits per heavy atom. The summed E-state index contributed by atoms with van der Waals surface area (Å²) in [7, 11) is -1.87. The molecular formula is C17H19NO5S. The molecule has 1 aromatic heterocycles. The number of sulfone groups is 1. The number of nitrogens with zero attached hydrogens (tertiary/aromatic N) is 1. The molecule has 1 aliphatic heterocycles. The molecule has 0 radical (unpaired) electrons. The lowest BCUT2D eigenvalue weighted by atomic mass is 10.1. The maximum absolute atomic E-state index is 12.7. The summed E-state index contributed by atoms with van der Waals surface area (Å²) in [6.07, 6.45) is 2.29. The van der Waals surface area contributed by atoms with Crippen molar-refractivity contribution >= 4 is 15.7 Å². The summed E-state index contributed by atoms with van der Waals surface area (Å²) in [6, 6.07) is 9.69. The van der Waals surface area contributed by atoms with E-state index in [1.54, 1.807) is 41.3 Å². The highest BCUT2D eigenvalue weighted by molar-refractivity contribution is 7.92. The van der Waals surface area contributed by atoms with Gasteiger partial charge in [0, 0.05) is 13.1 Å². The Morgan fingerprint density at radius 1 is 1.17 bits per heavy atom. The smallest absolute Gasteiger partial charge is 0.289 e. The van der Waals surface area contributed by atoms with Crippen LogP contribution >= 0.6 is 0 Å². The summed E-state index contributed by atoms with van der Waals surface area (Å²) in [6.45, 7) is 0.805. The molecule has 0 unspecified atom stereocenters. The van der Waals surface area contributed by atoms with Crippen LogP contribution in [-0.2, 0) is 9.84 Å². The summed E-state index contributed by atoms with van der Waals surface area (Å²) in [5.41, 5.74) is 0. The van der Waals surface area contributed by atoms with E-state index < -0.39 is 15.1 Å². The van der Waals surface area contributed by atoms with E-state index in [1.807, 2.05) is 0 Å². The molecule has 6 nitrogen and oxygen atoms in total. The summed E-state index contributed by atoms with van der Waals surface area (Å²) in [4.78, 5) is 14.2. The van der Waals surface area contributed by atoms with Crippen molar-refractivity contribution in [1.29, 1.82) is 0 Å². The molecule has 2 aromatic rings. The van der Waals surface area contributed by atoms with Gasteiger partial charge in [0.2, 0.25) is 0 Å². The van der Waals surface area contributed by atoms with Crippen molar-refractivity contribution in [1.82, 2.24) is 4.90 Å². The number of carbonyl (C=O) groups excluding carboxylic acids is 1. The quantitative estimate of drug-likeness (QED) is 0.847. The fraction of sp³-hybridized carbons (Fsp3) is 0.353. The van der Waals surface area contributed by atoms with Crippen LogP contribution in [0.5, 0.6) is 5.75 Å². The van der Waals surface area contributed by atoms with Crippen molar-refractivity contribution in [2.45, 2.75) is 23.0 Å². The van der Waals surface area contributed by atoms with Gasteiger partial charge in [-0.2, -0.15) is 0 Å². The predicted octanol–water partition coefficient (Wildman–Crippen LogP) is 2.37. The molecule has 2 heterocycles. The van der Waals surface area contributed by atoms with Gasteiger partial charge in [0.15, 0.2) is 15.6 Å². The maximum Gasteiger partial charge on any atom is 0.289 e. The number of amides is 1. The number of rotatable bonds is 4. The molecule has 0 spiro atoms. The summed E-state index contributed by atoms with van der Waals surface area (Å²) in [5.74, 6) is 0.708. The van der Waals surface area contributed by atoms with Crippen LogP contribution in [0.2, 0.25) is 0 Å². The lowest BCUT2D eigenvalue weighted by molar-refractivity contribution is 0.0693. The van der Waals surface area contributed by atoms with Crippen molar-refractivity contribution in [3.05, 3.63) is 48.4 Å². The van der Waals surface area contributed by atoms with E-state index >= 15 is 0 Å². The maximum atomic E-state index is 12.7. The first kappa shape index (κ1) is 16.6. The van der Waals surface area contributed by atoms with E-state index in [2.05, 4.69) is 0 Å². The first-order chi connectivity index (χ1) is 11.5. The molecule has 128 valence electrons. The first-order valence-electron chi connectivity index (χ1n) is 7.73. The fourth-order valence-corrected chi connectivity index (χ4v) is 4.61. The number of hydrogen-bond acceptors (Lipinski definition) is 5. The third-order valence-electron chi connectivity index (χ3n) is 4.29. The summed E-state index contributed by atoms with van der Waals surface area (Å²) < 4.78 is 35.6. The minimum atomic E-state index is -3.41. The molecule has 3 rings (SSSR count). The Morgan fingerprint density at radius 2 is 1.83 bits per heavy atom. The molecule has 1 aliphatic rings. The monoisotopic (exact) mass is 349 g/mol. The molecule has 0 atom stereocenters. The number of carbonyl (C=O) groups is 1. The molecule has 1 fully saturated rings. The lowest BCUT2D eigenvalue weighted by Crippen LogP contribution is -2.42. The van der Waals surface area contributed by atoms with Crippen LogP contribution in [0.1, 0.15) is 23.4 Å². The van der Waals surface area contributed by atoms with Gasteiger partial charge < -0.3 is 14.1 Å². The van der Waals surface area contributed by atoms with Crippen LogP contribution < -0.4 is 4.74 Å². The number of hydrogen-bond donors (Lipinski definition) is 0. The van der Waals surface area contributed by atoms with E-state index in [4.69, 9.17) is 9.15 Å². The van der Waals surface area contributed by atoms with E-state index in [0.717, 1.165) is 0 Å². The molecular weight excluding hydrogens is 330 g/mol. The third kappa shape index (κ3) is 3.17. The molecule has 0 saturated carbocycles. The first-order valence-corrected chi connectivity index (χ1v) is 9.28. The molecule has 1 amide bonds. The highest BCUT2D eigenvalue weighted by atomic mass is 32.2. The molecule has 7 heteroatoms. The SMILES string of the molecule is COc1ccc(S(=O)(=O)C2CCN(C(=O)c3ccco3)CC2)cc1. The van der Waals surface area contributed by atoms with Gasteiger partial charge in [-0.3, -0.25) is 4.79 Å². The van der Waals surface area contributed by atoms with E-state index in [-0.39, 0.29) is 11.7 Å². The number of methoxy groups -OCH3 is 1. The van der Waals surface area contributed by atoms with Gasteiger partial charge in [-0.05, 0) is 49.2 Å². The molecule has 1 saturated heterocycles. The zero-order valence-corrected chi connectivity index (χ0v) is 14.2. The van der Waals surface area contributed by atoms with E-state index in [0.29, 0.717) is 36.6 Å². The molecule has 1 aromatic carbocycles. The number of likely N-dealkylation sites (tertiary alicyclic amines) is 1. The Kier molecular flexibility index (Phi) is 4.62. The Balaban J connectivity index is 1.68. The van der Waals surface area contributed by atoms with Gasteiger partial charge >= 0.3 is 0 Å². The minimum Gasteiger partial charge on any atom is -0.497 e. The largest absolute Gasteiger partial charge is 0.497 e. The van der Waals surface area contributed by atoms with Crippen LogP contribution in [0.3, 0.4) is 0 Å². The Hall–Kier alpha value is -2.28. The van der Waals surface area contributed by atoms with Crippen LogP contribution in [0.4, 0.5) is 0 Å². The number of piperidine rings is 1. The van der Waals surface area contributed by atoms with Crippen molar-refractivity contribution in [2.24, 2.45) is 0 Å². The van der Waals surface area contributed by atoms with Crippen LogP contribution in [0, 0.1) is 0 Å².